The predicted molar refractivity (Wildman–Crippen MR) is 102 cm³/mol. The zero-order valence-corrected chi connectivity index (χ0v) is 16.1. The molecule has 27 heavy (non-hydrogen) atoms. The van der Waals surface area contributed by atoms with Crippen molar-refractivity contribution in [2.24, 2.45) is 5.92 Å². The maximum atomic E-state index is 13.9. The van der Waals surface area contributed by atoms with Crippen LogP contribution in [0.4, 0.5) is 10.1 Å². The summed E-state index contributed by atoms with van der Waals surface area (Å²) in [5.41, 5.74) is 1.13. The Hall–Kier alpha value is -2.19. The summed E-state index contributed by atoms with van der Waals surface area (Å²) in [4.78, 5) is 6.21. The lowest BCUT2D eigenvalue weighted by Gasteiger charge is -2.33. The Kier molecular flexibility index (Phi) is 6.28. The van der Waals surface area contributed by atoms with Crippen LogP contribution in [0, 0.1) is 11.7 Å². The van der Waals surface area contributed by atoms with Crippen molar-refractivity contribution in [1.82, 2.24) is 9.71 Å². The lowest BCUT2D eigenvalue weighted by Crippen LogP contribution is -2.38. The number of hydrogen-bond donors (Lipinski definition) is 1. The summed E-state index contributed by atoms with van der Waals surface area (Å²) in [5.74, 6) is -0.365. The van der Waals surface area contributed by atoms with E-state index in [4.69, 9.17) is 4.74 Å². The number of nitrogens with zero attached hydrogens (tertiary/aromatic N) is 2. The highest BCUT2D eigenvalue weighted by Gasteiger charge is 2.23. The molecule has 3 rings (SSSR count). The average molecular weight is 393 g/mol. The molecule has 1 fully saturated rings. The van der Waals surface area contributed by atoms with E-state index in [1.807, 2.05) is 12.1 Å². The van der Waals surface area contributed by atoms with E-state index in [0.29, 0.717) is 13.2 Å². The third-order valence-corrected chi connectivity index (χ3v) is 6.14. The molecule has 1 aliphatic heterocycles. The molecule has 0 bridgehead atoms. The fourth-order valence-electron chi connectivity index (χ4n) is 3.18. The summed E-state index contributed by atoms with van der Waals surface area (Å²) in [7, 11) is -3.75. The van der Waals surface area contributed by atoms with Crippen LogP contribution in [-0.2, 0) is 10.0 Å². The van der Waals surface area contributed by atoms with E-state index in [1.54, 1.807) is 19.3 Å². The van der Waals surface area contributed by atoms with E-state index in [2.05, 4.69) is 14.6 Å². The highest BCUT2D eigenvalue weighted by atomic mass is 32.2. The third kappa shape index (κ3) is 4.95. The molecule has 1 aromatic carbocycles. The predicted octanol–water partition coefficient (Wildman–Crippen LogP) is 2.81. The van der Waals surface area contributed by atoms with Crippen molar-refractivity contribution >= 4 is 15.7 Å². The summed E-state index contributed by atoms with van der Waals surface area (Å²) in [6, 6.07) is 7.66. The first-order valence-corrected chi connectivity index (χ1v) is 10.5. The zero-order chi connectivity index (χ0) is 19.3. The molecule has 1 N–H and O–H groups in total. The summed E-state index contributed by atoms with van der Waals surface area (Å²) in [5, 5.41) is 0. The fraction of sp³-hybridized carbons (Fsp3) is 0.421. The van der Waals surface area contributed by atoms with Gasteiger partial charge in [0.25, 0.3) is 0 Å². The Morgan fingerprint density at radius 1 is 1.22 bits per heavy atom. The van der Waals surface area contributed by atoms with Gasteiger partial charge < -0.3 is 9.64 Å². The van der Waals surface area contributed by atoms with Crippen LogP contribution in [0.15, 0.2) is 47.6 Å². The van der Waals surface area contributed by atoms with Crippen molar-refractivity contribution in [3.05, 3.63) is 48.5 Å². The lowest BCUT2D eigenvalue weighted by atomic mass is 9.97. The second-order valence-electron chi connectivity index (χ2n) is 6.51. The molecule has 1 saturated heterocycles. The quantitative estimate of drug-likeness (QED) is 0.783. The topological polar surface area (TPSA) is 71.5 Å². The van der Waals surface area contributed by atoms with Crippen LogP contribution in [0.5, 0.6) is 5.75 Å². The summed E-state index contributed by atoms with van der Waals surface area (Å²) in [6.45, 7) is 4.15. The van der Waals surface area contributed by atoms with Crippen molar-refractivity contribution < 1.29 is 17.5 Å². The van der Waals surface area contributed by atoms with Gasteiger partial charge in [0.1, 0.15) is 0 Å². The van der Waals surface area contributed by atoms with Crippen LogP contribution in [-0.4, -0.2) is 39.6 Å². The van der Waals surface area contributed by atoms with E-state index >= 15 is 0 Å². The molecule has 0 unspecified atom stereocenters. The Balaban J connectivity index is 1.54. The minimum absolute atomic E-state index is 0.0555. The summed E-state index contributed by atoms with van der Waals surface area (Å²) >= 11 is 0. The van der Waals surface area contributed by atoms with Crippen LogP contribution in [0.3, 0.4) is 0 Å². The Morgan fingerprint density at radius 3 is 2.56 bits per heavy atom. The van der Waals surface area contributed by atoms with Gasteiger partial charge in [-0.25, -0.2) is 17.5 Å². The number of anilines is 1. The number of pyridine rings is 1. The SMILES string of the molecule is CCOc1ccc(S(=O)(=O)NCC2CCN(c3ccncc3)CC2)cc1F. The smallest absolute Gasteiger partial charge is 0.240 e. The standard InChI is InChI=1S/C19H24FN3O3S/c1-2-26-19-4-3-17(13-18(19)20)27(24,25)22-14-15-7-11-23(12-8-15)16-5-9-21-10-6-16/h3-6,9-10,13,15,22H,2,7-8,11-12,14H2,1H3. The molecule has 1 aliphatic rings. The molecular weight excluding hydrogens is 369 g/mol. The van der Waals surface area contributed by atoms with Crippen LogP contribution >= 0.6 is 0 Å². The van der Waals surface area contributed by atoms with Crippen molar-refractivity contribution in [3.8, 4) is 5.75 Å². The number of piperidine rings is 1. The van der Waals surface area contributed by atoms with E-state index in [1.165, 1.54) is 12.1 Å². The van der Waals surface area contributed by atoms with Crippen LogP contribution < -0.4 is 14.4 Å². The van der Waals surface area contributed by atoms with Gasteiger partial charge in [-0.2, -0.15) is 0 Å². The van der Waals surface area contributed by atoms with Crippen molar-refractivity contribution in [2.45, 2.75) is 24.7 Å². The van der Waals surface area contributed by atoms with E-state index in [0.717, 1.165) is 37.7 Å². The monoisotopic (exact) mass is 393 g/mol. The molecule has 0 radical (unpaired) electrons. The highest BCUT2D eigenvalue weighted by molar-refractivity contribution is 7.89. The Labute approximate surface area is 159 Å². The minimum Gasteiger partial charge on any atom is -0.491 e. The number of rotatable bonds is 7. The molecule has 1 aromatic heterocycles. The van der Waals surface area contributed by atoms with E-state index < -0.39 is 15.8 Å². The van der Waals surface area contributed by atoms with Crippen molar-refractivity contribution in [2.75, 3.05) is 31.1 Å². The molecule has 146 valence electrons. The van der Waals surface area contributed by atoms with Gasteiger partial charge in [0.15, 0.2) is 11.6 Å². The second kappa shape index (κ2) is 8.67. The Bertz CT molecular complexity index is 854. The maximum absolute atomic E-state index is 13.9. The first-order valence-electron chi connectivity index (χ1n) is 9.06. The lowest BCUT2D eigenvalue weighted by molar-refractivity contribution is 0.321. The molecule has 0 amide bonds. The molecule has 0 atom stereocenters. The van der Waals surface area contributed by atoms with Crippen LogP contribution in [0.2, 0.25) is 0 Å². The molecule has 2 heterocycles. The van der Waals surface area contributed by atoms with Crippen molar-refractivity contribution in [3.63, 3.8) is 0 Å². The highest BCUT2D eigenvalue weighted by Crippen LogP contribution is 2.24. The van der Waals surface area contributed by atoms with Crippen molar-refractivity contribution in [1.29, 1.82) is 0 Å². The number of sulfonamides is 1. The summed E-state index contributed by atoms with van der Waals surface area (Å²) in [6.07, 6.45) is 5.32. The number of ether oxygens (including phenoxy) is 1. The molecule has 2 aromatic rings. The molecule has 0 saturated carbocycles. The van der Waals surface area contributed by atoms with Gasteiger partial charge in [-0.05, 0) is 56.0 Å². The molecule has 6 nitrogen and oxygen atoms in total. The normalized spacial score (nSPS) is 15.7. The zero-order valence-electron chi connectivity index (χ0n) is 15.3. The molecule has 8 heteroatoms. The number of hydrogen-bond acceptors (Lipinski definition) is 5. The first kappa shape index (κ1) is 19.6. The molecular formula is C19H24FN3O3S. The van der Waals surface area contributed by atoms with Gasteiger partial charge in [0.2, 0.25) is 10.0 Å². The van der Waals surface area contributed by atoms with Gasteiger partial charge >= 0.3 is 0 Å². The minimum atomic E-state index is -3.75. The second-order valence-corrected chi connectivity index (χ2v) is 8.28. The first-order chi connectivity index (χ1) is 13.0. The number of benzene rings is 1. The fourth-order valence-corrected chi connectivity index (χ4v) is 4.31. The van der Waals surface area contributed by atoms with Crippen LogP contribution in [0.1, 0.15) is 19.8 Å². The maximum Gasteiger partial charge on any atom is 0.240 e. The van der Waals surface area contributed by atoms with Gasteiger partial charge in [-0.1, -0.05) is 0 Å². The van der Waals surface area contributed by atoms with Crippen LogP contribution in [0.25, 0.3) is 0 Å². The molecule has 0 aliphatic carbocycles. The van der Waals surface area contributed by atoms with Gasteiger partial charge in [-0.15, -0.1) is 0 Å². The van der Waals surface area contributed by atoms with E-state index in [-0.39, 0.29) is 16.6 Å². The van der Waals surface area contributed by atoms with Gasteiger partial charge in [-0.3, -0.25) is 4.98 Å². The summed E-state index contributed by atoms with van der Waals surface area (Å²) < 4.78 is 46.6. The average Bonchev–Trinajstić information content (AvgIpc) is 2.69. The van der Waals surface area contributed by atoms with E-state index in [9.17, 15) is 12.8 Å². The Morgan fingerprint density at radius 2 is 1.93 bits per heavy atom. The largest absolute Gasteiger partial charge is 0.491 e. The van der Waals surface area contributed by atoms with Gasteiger partial charge in [0.05, 0.1) is 11.5 Å². The molecule has 0 spiro atoms. The third-order valence-electron chi connectivity index (χ3n) is 4.72. The van der Waals surface area contributed by atoms with Gasteiger partial charge in [0, 0.05) is 37.7 Å². The number of aromatic nitrogens is 1. The number of nitrogens with one attached hydrogen (secondary N) is 1. The number of halogens is 1.